The number of hydrogen-bond donors (Lipinski definition) is 2. The Morgan fingerprint density at radius 3 is 2.47 bits per heavy atom. The van der Waals surface area contributed by atoms with Crippen molar-refractivity contribution >= 4 is 41.5 Å². The third-order valence-corrected chi connectivity index (χ3v) is 5.42. The number of hydrogen-bond acceptors (Lipinski definition) is 4. The van der Waals surface area contributed by atoms with Crippen LogP contribution in [0.1, 0.15) is 50.8 Å². The van der Waals surface area contributed by atoms with Crippen molar-refractivity contribution in [3.63, 3.8) is 0 Å². The second kappa shape index (κ2) is 11.3. The van der Waals surface area contributed by atoms with Gasteiger partial charge in [0.15, 0.2) is 5.96 Å². The first-order valence-electron chi connectivity index (χ1n) is 10.2. The van der Waals surface area contributed by atoms with Gasteiger partial charge in [-0.25, -0.2) is 4.98 Å². The molecule has 166 valence electrons. The zero-order valence-electron chi connectivity index (χ0n) is 18.2. The summed E-state index contributed by atoms with van der Waals surface area (Å²) < 4.78 is 5.84. The van der Waals surface area contributed by atoms with Gasteiger partial charge in [-0.05, 0) is 30.5 Å². The van der Waals surface area contributed by atoms with Crippen LogP contribution in [0, 0.1) is 0 Å². The highest BCUT2D eigenvalue weighted by Gasteiger charge is 2.21. The van der Waals surface area contributed by atoms with Crippen LogP contribution >= 0.6 is 35.6 Å². The van der Waals surface area contributed by atoms with Crippen LogP contribution in [0.5, 0.6) is 0 Å². The molecule has 0 spiro atoms. The summed E-state index contributed by atoms with van der Waals surface area (Å²) >= 11 is 5.97. The van der Waals surface area contributed by atoms with Gasteiger partial charge in [0.25, 0.3) is 0 Å². The summed E-state index contributed by atoms with van der Waals surface area (Å²) in [6, 6.07) is 8.54. The summed E-state index contributed by atoms with van der Waals surface area (Å²) in [6.45, 7) is 9.96. The van der Waals surface area contributed by atoms with Crippen molar-refractivity contribution in [2.75, 3.05) is 20.1 Å². The largest absolute Gasteiger partial charge is 0.443 e. The molecule has 2 N–H and O–H groups in total. The molecule has 0 bridgehead atoms. The molecule has 1 aromatic carbocycles. The number of piperidine rings is 1. The second-order valence-electron chi connectivity index (χ2n) is 8.62. The quantitative estimate of drug-likeness (QED) is 0.327. The normalized spacial score (nSPS) is 16.2. The summed E-state index contributed by atoms with van der Waals surface area (Å²) in [7, 11) is 1.79. The minimum absolute atomic E-state index is 0. The Bertz CT molecular complexity index is 808. The van der Waals surface area contributed by atoms with E-state index in [-0.39, 0.29) is 29.4 Å². The molecule has 6 nitrogen and oxygen atoms in total. The Balaban J connectivity index is 0.00000320. The molecule has 0 radical (unpaired) electrons. The fourth-order valence-corrected chi connectivity index (χ4v) is 3.50. The second-order valence-corrected chi connectivity index (χ2v) is 9.05. The summed E-state index contributed by atoms with van der Waals surface area (Å²) in [5.74, 6) is 2.36. The minimum Gasteiger partial charge on any atom is -0.443 e. The Morgan fingerprint density at radius 1 is 1.23 bits per heavy atom. The number of halogens is 2. The number of nitrogens with zero attached hydrogens (tertiary/aromatic N) is 3. The molecule has 1 aliphatic heterocycles. The number of guanidine groups is 1. The molecule has 1 fully saturated rings. The van der Waals surface area contributed by atoms with E-state index in [1.165, 1.54) is 5.56 Å². The van der Waals surface area contributed by atoms with Gasteiger partial charge in [-0.1, -0.05) is 44.5 Å². The fraction of sp³-hybridized carbons (Fsp3) is 0.545. The Labute approximate surface area is 201 Å². The summed E-state index contributed by atoms with van der Waals surface area (Å²) in [5, 5.41) is 7.63. The van der Waals surface area contributed by atoms with Crippen molar-refractivity contribution in [1.29, 1.82) is 0 Å². The number of benzene rings is 1. The van der Waals surface area contributed by atoms with Crippen LogP contribution < -0.4 is 10.6 Å². The summed E-state index contributed by atoms with van der Waals surface area (Å²) in [5.41, 5.74) is 1.27. The molecule has 3 rings (SSSR count). The SMILES string of the molecule is CN=C(NCc1ncc(C(C)(C)C)o1)NC1CCN(Cc2ccc(Cl)cc2)CC1.I. The molecule has 0 unspecified atom stereocenters. The molecule has 1 aliphatic rings. The van der Waals surface area contributed by atoms with Crippen LogP contribution in [0.25, 0.3) is 0 Å². The number of aliphatic imine (C=N–C) groups is 1. The lowest BCUT2D eigenvalue weighted by Gasteiger charge is -2.33. The molecule has 8 heteroatoms. The van der Waals surface area contributed by atoms with Crippen LogP contribution in [0.15, 0.2) is 39.9 Å². The van der Waals surface area contributed by atoms with E-state index in [4.69, 9.17) is 16.0 Å². The van der Waals surface area contributed by atoms with Gasteiger partial charge in [0.1, 0.15) is 5.76 Å². The Kier molecular flexibility index (Phi) is 9.43. The Morgan fingerprint density at radius 2 is 1.90 bits per heavy atom. The van der Waals surface area contributed by atoms with E-state index in [9.17, 15) is 0 Å². The van der Waals surface area contributed by atoms with E-state index >= 15 is 0 Å². The van der Waals surface area contributed by atoms with Crippen LogP contribution in [0.2, 0.25) is 5.02 Å². The molecular formula is C22H33ClIN5O. The third-order valence-electron chi connectivity index (χ3n) is 5.17. The van der Waals surface area contributed by atoms with Gasteiger partial charge in [0, 0.05) is 43.2 Å². The predicted molar refractivity (Wildman–Crippen MR) is 134 cm³/mol. The van der Waals surface area contributed by atoms with E-state index in [0.29, 0.717) is 18.5 Å². The average molecular weight is 546 g/mol. The minimum atomic E-state index is -0.0365. The van der Waals surface area contributed by atoms with Crippen molar-refractivity contribution in [2.24, 2.45) is 4.99 Å². The zero-order valence-corrected chi connectivity index (χ0v) is 21.3. The third kappa shape index (κ3) is 7.42. The van der Waals surface area contributed by atoms with Crippen LogP contribution in [0.4, 0.5) is 0 Å². The average Bonchev–Trinajstić information content (AvgIpc) is 3.18. The Hall–Kier alpha value is -1.32. The molecule has 0 amide bonds. The molecular weight excluding hydrogens is 513 g/mol. The van der Waals surface area contributed by atoms with Crippen molar-refractivity contribution in [3.8, 4) is 0 Å². The molecule has 2 heterocycles. The van der Waals surface area contributed by atoms with Crippen molar-refractivity contribution < 1.29 is 4.42 Å². The lowest BCUT2D eigenvalue weighted by molar-refractivity contribution is 0.198. The van der Waals surface area contributed by atoms with Crippen LogP contribution in [-0.2, 0) is 18.5 Å². The lowest BCUT2D eigenvalue weighted by Crippen LogP contribution is -2.48. The molecule has 2 aromatic rings. The summed E-state index contributed by atoms with van der Waals surface area (Å²) in [6.07, 6.45) is 3.98. The molecule has 1 saturated heterocycles. The molecule has 0 atom stereocenters. The monoisotopic (exact) mass is 545 g/mol. The highest BCUT2D eigenvalue weighted by Crippen LogP contribution is 2.22. The highest BCUT2D eigenvalue weighted by atomic mass is 127. The van der Waals surface area contributed by atoms with Gasteiger partial charge < -0.3 is 15.1 Å². The molecule has 0 saturated carbocycles. The van der Waals surface area contributed by atoms with Gasteiger partial charge in [0.05, 0.1) is 12.7 Å². The first-order valence-corrected chi connectivity index (χ1v) is 10.6. The highest BCUT2D eigenvalue weighted by molar-refractivity contribution is 14.0. The van der Waals surface area contributed by atoms with E-state index in [2.05, 4.69) is 58.4 Å². The maximum atomic E-state index is 5.97. The molecule has 0 aliphatic carbocycles. The maximum Gasteiger partial charge on any atom is 0.213 e. The lowest BCUT2D eigenvalue weighted by atomic mass is 9.94. The van der Waals surface area contributed by atoms with Crippen molar-refractivity contribution in [2.45, 2.75) is 58.2 Å². The van der Waals surface area contributed by atoms with E-state index in [1.54, 1.807) is 7.05 Å². The van der Waals surface area contributed by atoms with Crippen LogP contribution in [0.3, 0.4) is 0 Å². The number of rotatable bonds is 5. The van der Waals surface area contributed by atoms with Crippen molar-refractivity contribution in [1.82, 2.24) is 20.5 Å². The van der Waals surface area contributed by atoms with Crippen molar-refractivity contribution in [3.05, 3.63) is 52.7 Å². The van der Waals surface area contributed by atoms with Gasteiger partial charge in [0.2, 0.25) is 5.89 Å². The van der Waals surface area contributed by atoms with E-state index < -0.39 is 0 Å². The first kappa shape index (κ1) is 24.9. The maximum absolute atomic E-state index is 5.97. The van der Waals surface area contributed by atoms with Gasteiger partial charge in [-0.2, -0.15) is 0 Å². The fourth-order valence-electron chi connectivity index (χ4n) is 3.37. The standard InChI is InChI=1S/C22H32ClN5O.HI/c1-22(2,3)19-13-25-20(29-19)14-26-21(24-4)27-18-9-11-28(12-10-18)15-16-5-7-17(23)8-6-16;/h5-8,13,18H,9-12,14-15H2,1-4H3,(H2,24,26,27);1H. The van der Waals surface area contributed by atoms with Gasteiger partial charge in [-0.3, -0.25) is 9.89 Å². The van der Waals surface area contributed by atoms with E-state index in [0.717, 1.165) is 49.2 Å². The van der Waals surface area contributed by atoms with E-state index in [1.807, 2.05) is 18.3 Å². The first-order chi connectivity index (χ1) is 13.8. The van der Waals surface area contributed by atoms with Gasteiger partial charge >= 0.3 is 0 Å². The van der Waals surface area contributed by atoms with Gasteiger partial charge in [-0.15, -0.1) is 24.0 Å². The number of likely N-dealkylation sites (tertiary alicyclic amines) is 1. The summed E-state index contributed by atoms with van der Waals surface area (Å²) in [4.78, 5) is 11.2. The van der Waals surface area contributed by atoms with Crippen LogP contribution in [-0.4, -0.2) is 42.0 Å². The zero-order chi connectivity index (χ0) is 20.9. The number of aromatic nitrogens is 1. The predicted octanol–water partition coefficient (Wildman–Crippen LogP) is 4.57. The topological polar surface area (TPSA) is 65.7 Å². The smallest absolute Gasteiger partial charge is 0.213 e. The molecule has 30 heavy (non-hydrogen) atoms. The molecule has 1 aromatic heterocycles. The number of nitrogens with one attached hydrogen (secondary N) is 2. The number of oxazole rings is 1.